The molecule has 0 spiro atoms. The Kier molecular flexibility index (Phi) is 21.4. The Morgan fingerprint density at radius 2 is 0.938 bits per heavy atom. The van der Waals surface area contributed by atoms with Crippen LogP contribution in [0.2, 0.25) is 18.1 Å². The topological polar surface area (TPSA) is 111 Å². The lowest BCUT2D eigenvalue weighted by molar-refractivity contribution is 0.123. The first kappa shape index (κ1) is 34.7. The monoisotopic (exact) mass is 538 g/mol. The van der Waals surface area contributed by atoms with Crippen LogP contribution in [-0.2, 0) is 40.0 Å². The highest BCUT2D eigenvalue weighted by molar-refractivity contribution is 7.63. The summed E-state index contributed by atoms with van der Waals surface area (Å²) in [5, 5.41) is 7.00. The van der Waals surface area contributed by atoms with Crippen molar-refractivity contribution in [2.75, 3.05) is 82.5 Å². The molecule has 0 heterocycles. The average molecular weight is 539 g/mol. The third kappa shape index (κ3) is 12.8. The molecule has 0 atom stereocenters. The summed E-state index contributed by atoms with van der Waals surface area (Å²) in [5.41, 5.74) is 0. The molecule has 0 amide bonds. The molecule has 0 aliphatic rings. The first-order chi connectivity index (χ1) is 15.3. The summed E-state index contributed by atoms with van der Waals surface area (Å²) in [6.07, 6.45) is 4.23. The second-order valence-corrected chi connectivity index (χ2v) is 19.1. The third-order valence-corrected chi connectivity index (χ3v) is 16.5. The molecule has 1 N–H and O–H groups in total. The van der Waals surface area contributed by atoms with Gasteiger partial charge in [-0.1, -0.05) is 0 Å². The van der Waals surface area contributed by atoms with Gasteiger partial charge in [0.25, 0.3) is 0 Å². The van der Waals surface area contributed by atoms with Crippen LogP contribution in [0.3, 0.4) is 0 Å². The van der Waals surface area contributed by atoms with Crippen molar-refractivity contribution in [3.63, 3.8) is 0 Å². The fraction of sp³-hybridized carbons (Fsp3) is 1.00. The van der Waals surface area contributed by atoms with Crippen molar-refractivity contribution in [3.8, 4) is 0 Å². The van der Waals surface area contributed by atoms with Crippen LogP contribution < -0.4 is 0 Å². The Morgan fingerprint density at radius 3 is 1.22 bits per heavy atom. The number of hydrogen-bond acceptors (Lipinski definition) is 10. The lowest BCUT2D eigenvalue weighted by Crippen LogP contribution is -2.43. The summed E-state index contributed by atoms with van der Waals surface area (Å²) in [7, 11) is 4.57. The highest BCUT2D eigenvalue weighted by atomic mass is 31.2. The van der Waals surface area contributed by atoms with Gasteiger partial charge in [0.15, 0.2) is 0 Å². The van der Waals surface area contributed by atoms with Gasteiger partial charge < -0.3 is 45.1 Å². The van der Waals surface area contributed by atoms with Gasteiger partial charge in [-0.2, -0.15) is 0 Å². The smallest absolute Gasteiger partial charge is 0.400 e. The molecular formula is C18H47O10PSi3. The summed E-state index contributed by atoms with van der Waals surface area (Å²) in [6, 6.07) is 2.12. The van der Waals surface area contributed by atoms with Crippen LogP contribution in [0, 0.1) is 0 Å². The molecule has 10 nitrogen and oxygen atoms in total. The molecule has 0 saturated heterocycles. The van der Waals surface area contributed by atoms with Gasteiger partial charge in [0.2, 0.25) is 0 Å². The summed E-state index contributed by atoms with van der Waals surface area (Å²) in [5.74, 6) is 0. The second kappa shape index (κ2) is 19.8. The van der Waals surface area contributed by atoms with Crippen molar-refractivity contribution in [2.45, 2.75) is 37.4 Å². The molecule has 32 heavy (non-hydrogen) atoms. The molecule has 0 fully saturated rings. The predicted molar refractivity (Wildman–Crippen MR) is 133 cm³/mol. The molecule has 0 aliphatic heterocycles. The van der Waals surface area contributed by atoms with E-state index in [1.54, 1.807) is 56.9 Å². The third-order valence-electron chi connectivity index (χ3n) is 5.49. The maximum absolute atomic E-state index is 13.8. The van der Waals surface area contributed by atoms with Crippen molar-refractivity contribution in [1.29, 1.82) is 0 Å². The normalized spacial score (nSPS) is 12.7. The lowest BCUT2D eigenvalue weighted by Gasteiger charge is -2.27. The molecule has 0 rings (SSSR count). The van der Waals surface area contributed by atoms with Crippen LogP contribution in [0.4, 0.5) is 0 Å². The van der Waals surface area contributed by atoms with Crippen LogP contribution >= 0.6 is 7.14 Å². The molecule has 0 aromatic carbocycles. The molecule has 0 radical (unpaired) electrons. The van der Waals surface area contributed by atoms with E-state index in [2.05, 4.69) is 0 Å². The summed E-state index contributed by atoms with van der Waals surface area (Å²) < 4.78 is 57.5. The van der Waals surface area contributed by atoms with Gasteiger partial charge in [0.1, 0.15) is 0 Å². The molecule has 196 valence electrons. The van der Waals surface area contributed by atoms with Gasteiger partial charge >= 0.3 is 26.9 Å². The van der Waals surface area contributed by atoms with Gasteiger partial charge in [0, 0.05) is 94.6 Å². The molecule has 0 aliphatic carbocycles. The van der Waals surface area contributed by atoms with E-state index >= 15 is 0 Å². The minimum atomic E-state index is -2.66. The molecule has 14 heteroatoms. The zero-order valence-electron chi connectivity index (χ0n) is 21.5. The predicted octanol–water partition coefficient (Wildman–Crippen LogP) is 2.40. The van der Waals surface area contributed by atoms with E-state index in [0.29, 0.717) is 30.6 Å². The number of aliphatic hydroxyl groups excluding tert-OH is 1. The maximum atomic E-state index is 13.8. The first-order valence-corrected chi connectivity index (χ1v) is 18.5. The van der Waals surface area contributed by atoms with Crippen LogP contribution in [-0.4, -0.2) is 114 Å². The fourth-order valence-corrected chi connectivity index (χ4v) is 12.0. The van der Waals surface area contributed by atoms with Gasteiger partial charge in [0.05, 0.1) is 7.14 Å². The Balaban J connectivity index is 0. The van der Waals surface area contributed by atoms with Crippen LogP contribution in [0.25, 0.3) is 0 Å². The lowest BCUT2D eigenvalue weighted by atomic mass is 10.5. The Bertz CT molecular complexity index is 431. The summed E-state index contributed by atoms with van der Waals surface area (Å²) >= 11 is 0. The van der Waals surface area contributed by atoms with E-state index < -0.39 is 34.0 Å². The van der Waals surface area contributed by atoms with Crippen molar-refractivity contribution >= 4 is 34.0 Å². The minimum Gasteiger partial charge on any atom is -0.400 e. The van der Waals surface area contributed by atoms with Crippen molar-refractivity contribution in [3.05, 3.63) is 0 Å². The minimum absolute atomic E-state index is 0.630. The molecule has 0 unspecified atom stereocenters. The van der Waals surface area contributed by atoms with E-state index in [4.69, 9.17) is 40.5 Å². The van der Waals surface area contributed by atoms with E-state index in [-0.39, 0.29) is 0 Å². The quantitative estimate of drug-likeness (QED) is 0.183. The van der Waals surface area contributed by atoms with Crippen LogP contribution in [0.1, 0.15) is 19.3 Å². The average Bonchev–Trinajstić information content (AvgIpc) is 2.84. The van der Waals surface area contributed by atoms with Crippen molar-refractivity contribution in [2.24, 2.45) is 0 Å². The Hall–Kier alpha value is 0.521. The number of aliphatic hydroxyl groups is 1. The second-order valence-electron chi connectivity index (χ2n) is 7.07. The van der Waals surface area contributed by atoms with Gasteiger partial charge in [-0.25, -0.2) is 0 Å². The number of hydrogen-bond donors (Lipinski definition) is 1. The van der Waals surface area contributed by atoms with Gasteiger partial charge in [-0.05, 0) is 25.3 Å². The van der Waals surface area contributed by atoms with E-state index in [1.807, 2.05) is 0 Å². The Morgan fingerprint density at radius 1 is 0.625 bits per heavy atom. The fourth-order valence-electron chi connectivity index (χ4n) is 3.49. The molecular weight excluding hydrogens is 491 g/mol. The van der Waals surface area contributed by atoms with Crippen molar-refractivity contribution < 1.29 is 45.1 Å². The highest BCUT2D eigenvalue weighted by Crippen LogP contribution is 2.49. The van der Waals surface area contributed by atoms with E-state index in [1.165, 1.54) is 0 Å². The standard InChI is InChI=1S/C17H43O9PSi3.CH4O/c1-19-28(20-2)15-9-12-27(18,13-10-16-29(21-3,22-4)23-5)14-11-17-30(24-6,25-7)26-8;1-2/h28H,9-17H2,1-8H3;2H,1H3. The summed E-state index contributed by atoms with van der Waals surface area (Å²) in [6.45, 7) is 0. The zero-order valence-corrected chi connectivity index (χ0v) is 25.6. The number of rotatable bonds is 20. The molecule has 0 aromatic heterocycles. The van der Waals surface area contributed by atoms with Gasteiger partial charge in [-0.15, -0.1) is 0 Å². The molecule has 0 saturated carbocycles. The Labute approximate surface area is 199 Å². The van der Waals surface area contributed by atoms with Gasteiger partial charge in [-0.3, -0.25) is 0 Å². The van der Waals surface area contributed by atoms with Crippen molar-refractivity contribution in [1.82, 2.24) is 0 Å². The van der Waals surface area contributed by atoms with E-state index in [0.717, 1.165) is 32.4 Å². The maximum Gasteiger partial charge on any atom is 0.500 e. The first-order valence-electron chi connectivity index (χ1n) is 10.7. The van der Waals surface area contributed by atoms with Crippen LogP contribution in [0.5, 0.6) is 0 Å². The van der Waals surface area contributed by atoms with E-state index in [9.17, 15) is 4.57 Å². The zero-order chi connectivity index (χ0) is 25.1. The molecule has 0 bridgehead atoms. The SMILES string of the molecule is CO.CO[SiH](CCCP(=O)(CCC[Si](OC)(OC)OC)CCC[Si](OC)(OC)OC)OC. The highest BCUT2D eigenvalue weighted by Gasteiger charge is 2.39. The van der Waals surface area contributed by atoms with Crippen LogP contribution in [0.15, 0.2) is 0 Å². The summed E-state index contributed by atoms with van der Waals surface area (Å²) in [4.78, 5) is 0. The molecule has 0 aromatic rings. The largest absolute Gasteiger partial charge is 0.500 e.